The van der Waals surface area contributed by atoms with Crippen molar-refractivity contribution in [3.8, 4) is 28.3 Å². The summed E-state index contributed by atoms with van der Waals surface area (Å²) in [6.07, 6.45) is 2.30. The number of rotatable bonds is 7. The molecule has 0 N–H and O–H groups in total. The summed E-state index contributed by atoms with van der Waals surface area (Å²) < 4.78 is 0. The first kappa shape index (κ1) is 28.7. The number of fused-ring (bicyclic) bond motifs is 3. The predicted octanol–water partition coefficient (Wildman–Crippen LogP) is 10.8. The summed E-state index contributed by atoms with van der Waals surface area (Å²) >= 11 is 0. The van der Waals surface area contributed by atoms with E-state index in [-0.39, 0.29) is 16.3 Å². The molecule has 218 valence electrons. The molecule has 0 saturated carbocycles. The summed E-state index contributed by atoms with van der Waals surface area (Å²) in [6.45, 7) is 4.71. The Morgan fingerprint density at radius 1 is 0.600 bits per heavy atom. The SMILES string of the molecule is C[S+](Cc1ccc(C#N)cc1)c1ccc(-c2ccc3c(c2)C(C)(C)c2cc(N(c4ccccc4)c4ccccc4)ccc2-3)cc1. The molecule has 6 aromatic rings. The molecule has 45 heavy (non-hydrogen) atoms. The van der Waals surface area contributed by atoms with E-state index in [0.717, 1.165) is 17.1 Å². The molecule has 0 fully saturated rings. The van der Waals surface area contributed by atoms with Gasteiger partial charge in [0.05, 0.1) is 11.6 Å². The van der Waals surface area contributed by atoms with Crippen LogP contribution in [0.2, 0.25) is 0 Å². The van der Waals surface area contributed by atoms with E-state index in [2.05, 4.69) is 165 Å². The van der Waals surface area contributed by atoms with Crippen LogP contribution in [0.25, 0.3) is 22.3 Å². The first-order valence-electron chi connectivity index (χ1n) is 15.3. The lowest BCUT2D eigenvalue weighted by molar-refractivity contribution is 0.660. The van der Waals surface area contributed by atoms with E-state index < -0.39 is 0 Å². The van der Waals surface area contributed by atoms with E-state index in [9.17, 15) is 0 Å². The minimum atomic E-state index is -0.132. The van der Waals surface area contributed by atoms with Crippen LogP contribution in [0.4, 0.5) is 17.1 Å². The maximum atomic E-state index is 9.09. The summed E-state index contributed by atoms with van der Waals surface area (Å²) in [5.41, 5.74) is 13.2. The van der Waals surface area contributed by atoms with Crippen molar-refractivity contribution < 1.29 is 0 Å². The largest absolute Gasteiger partial charge is 0.310 e. The average Bonchev–Trinajstić information content (AvgIpc) is 3.31. The molecule has 3 heteroatoms. The van der Waals surface area contributed by atoms with Crippen LogP contribution in [0.1, 0.15) is 36.1 Å². The Balaban J connectivity index is 1.17. The lowest BCUT2D eigenvalue weighted by Crippen LogP contribution is -2.16. The van der Waals surface area contributed by atoms with Crippen LogP contribution >= 0.6 is 0 Å². The molecule has 0 bridgehead atoms. The number of nitrogens with zero attached hydrogens (tertiary/aromatic N) is 2. The van der Waals surface area contributed by atoms with Gasteiger partial charge in [0.1, 0.15) is 12.0 Å². The molecule has 0 spiro atoms. The number of anilines is 3. The second kappa shape index (κ2) is 11.8. The minimum absolute atomic E-state index is 0.0822. The second-order valence-corrected chi connectivity index (χ2v) is 14.3. The Labute approximate surface area is 269 Å². The van der Waals surface area contributed by atoms with Crippen LogP contribution < -0.4 is 4.90 Å². The number of nitriles is 1. The molecule has 0 radical (unpaired) electrons. The van der Waals surface area contributed by atoms with Gasteiger partial charge in [-0.05, 0) is 112 Å². The summed E-state index contributed by atoms with van der Waals surface area (Å²) in [6, 6.07) is 54.4. The van der Waals surface area contributed by atoms with Gasteiger partial charge >= 0.3 is 0 Å². The first-order valence-corrected chi connectivity index (χ1v) is 17.1. The molecule has 1 aliphatic carbocycles. The summed E-state index contributed by atoms with van der Waals surface area (Å²) in [5.74, 6) is 0.976. The zero-order chi connectivity index (χ0) is 31.0. The van der Waals surface area contributed by atoms with Crippen LogP contribution in [0.15, 0.2) is 150 Å². The number of benzene rings is 6. The van der Waals surface area contributed by atoms with E-state index in [0.29, 0.717) is 5.56 Å². The van der Waals surface area contributed by atoms with Crippen LogP contribution in [0.5, 0.6) is 0 Å². The molecule has 2 nitrogen and oxygen atoms in total. The van der Waals surface area contributed by atoms with Crippen LogP contribution in [-0.4, -0.2) is 6.26 Å². The first-order chi connectivity index (χ1) is 21.9. The molecule has 1 aliphatic rings. The molecule has 1 atom stereocenters. The predicted molar refractivity (Wildman–Crippen MR) is 191 cm³/mol. The van der Waals surface area contributed by atoms with Gasteiger partial charge in [-0.25, -0.2) is 0 Å². The third-order valence-corrected chi connectivity index (χ3v) is 10.8. The smallest absolute Gasteiger partial charge is 0.155 e. The molecule has 0 saturated heterocycles. The fourth-order valence-electron chi connectivity index (χ4n) is 6.53. The van der Waals surface area contributed by atoms with Crippen molar-refractivity contribution in [3.63, 3.8) is 0 Å². The van der Waals surface area contributed by atoms with E-state index in [4.69, 9.17) is 5.26 Å². The molecular weight excluding hydrogens is 565 g/mol. The summed E-state index contributed by atoms with van der Waals surface area (Å²) in [4.78, 5) is 3.70. The Morgan fingerprint density at radius 3 is 1.76 bits per heavy atom. The van der Waals surface area contributed by atoms with Gasteiger partial charge in [0.15, 0.2) is 4.90 Å². The summed E-state index contributed by atoms with van der Waals surface area (Å²) in [5, 5.41) is 9.09. The molecule has 6 aromatic carbocycles. The lowest BCUT2D eigenvalue weighted by atomic mass is 9.81. The second-order valence-electron chi connectivity index (χ2n) is 12.2. The normalized spacial score (nSPS) is 13.4. The van der Waals surface area contributed by atoms with Crippen LogP contribution in [-0.2, 0) is 22.1 Å². The monoisotopic (exact) mass is 599 g/mol. The van der Waals surface area contributed by atoms with Gasteiger partial charge < -0.3 is 4.90 Å². The zero-order valence-corrected chi connectivity index (χ0v) is 26.7. The molecule has 0 heterocycles. The van der Waals surface area contributed by atoms with Gasteiger partial charge in [0.25, 0.3) is 0 Å². The highest BCUT2D eigenvalue weighted by atomic mass is 32.2. The zero-order valence-electron chi connectivity index (χ0n) is 25.9. The fourth-order valence-corrected chi connectivity index (χ4v) is 7.99. The molecule has 0 amide bonds. The van der Waals surface area contributed by atoms with Crippen molar-refractivity contribution in [3.05, 3.63) is 168 Å². The lowest BCUT2D eigenvalue weighted by Gasteiger charge is -2.28. The average molecular weight is 600 g/mol. The fraction of sp³-hybridized carbons (Fsp3) is 0.119. The standard InChI is InChI=1S/C42H35N2S/c1-42(2)40-26-33(32-18-22-37(23-19-32)45(3)29-31-16-14-30(28-43)15-17-31)20-24-38(40)39-25-21-36(27-41(39)42)44(34-10-6-4-7-11-34)35-12-8-5-9-13-35/h4-27H,29H2,1-3H3/q+1. The van der Waals surface area contributed by atoms with Crippen molar-refractivity contribution in [1.29, 1.82) is 5.26 Å². The molecule has 1 unspecified atom stereocenters. The topological polar surface area (TPSA) is 27.0 Å². The quantitative estimate of drug-likeness (QED) is 0.171. The molecule has 0 aromatic heterocycles. The highest BCUT2D eigenvalue weighted by molar-refractivity contribution is 7.95. The number of para-hydroxylation sites is 2. The van der Waals surface area contributed by atoms with Crippen molar-refractivity contribution in [2.75, 3.05) is 11.2 Å². The Kier molecular flexibility index (Phi) is 7.53. The summed E-state index contributed by atoms with van der Waals surface area (Å²) in [7, 11) is 0.0822. The van der Waals surface area contributed by atoms with Gasteiger partial charge in [0.2, 0.25) is 0 Å². The van der Waals surface area contributed by atoms with Crippen molar-refractivity contribution >= 4 is 28.0 Å². The van der Waals surface area contributed by atoms with E-state index in [1.165, 1.54) is 49.5 Å². The highest BCUT2D eigenvalue weighted by Crippen LogP contribution is 2.51. The minimum Gasteiger partial charge on any atom is -0.310 e. The maximum absolute atomic E-state index is 9.09. The van der Waals surface area contributed by atoms with E-state index in [1.807, 2.05) is 12.1 Å². The van der Waals surface area contributed by atoms with Crippen molar-refractivity contribution in [2.24, 2.45) is 0 Å². The van der Waals surface area contributed by atoms with E-state index >= 15 is 0 Å². The van der Waals surface area contributed by atoms with Crippen LogP contribution in [0.3, 0.4) is 0 Å². The third kappa shape index (κ3) is 5.43. The molecule has 7 rings (SSSR count). The van der Waals surface area contributed by atoms with Gasteiger partial charge in [-0.3, -0.25) is 0 Å². The third-order valence-electron chi connectivity index (χ3n) is 9.00. The van der Waals surface area contributed by atoms with Gasteiger partial charge in [-0.1, -0.05) is 80.6 Å². The molecular formula is C42H35N2S+. The van der Waals surface area contributed by atoms with Gasteiger partial charge in [-0.2, -0.15) is 5.26 Å². The van der Waals surface area contributed by atoms with Gasteiger partial charge in [0, 0.05) is 38.9 Å². The van der Waals surface area contributed by atoms with Crippen molar-refractivity contribution in [1.82, 2.24) is 0 Å². The highest BCUT2D eigenvalue weighted by Gasteiger charge is 2.36. The number of hydrogen-bond acceptors (Lipinski definition) is 2. The Bertz CT molecular complexity index is 1970. The van der Waals surface area contributed by atoms with Crippen LogP contribution in [0, 0.1) is 11.3 Å². The van der Waals surface area contributed by atoms with Crippen molar-refractivity contribution in [2.45, 2.75) is 29.9 Å². The van der Waals surface area contributed by atoms with E-state index in [1.54, 1.807) is 0 Å². The maximum Gasteiger partial charge on any atom is 0.155 e. The Hall–Kier alpha value is -5.04. The molecule has 0 aliphatic heterocycles. The Morgan fingerprint density at radius 2 is 1.16 bits per heavy atom. The van der Waals surface area contributed by atoms with Gasteiger partial charge in [-0.15, -0.1) is 0 Å². The number of hydrogen-bond donors (Lipinski definition) is 0.